The van der Waals surface area contributed by atoms with Crippen LogP contribution >= 0.6 is 11.8 Å². The molecule has 2 N–H and O–H groups in total. The number of nitrogens with one attached hydrogen (secondary N) is 1. The van der Waals surface area contributed by atoms with Crippen LogP contribution < -0.4 is 5.32 Å². The fourth-order valence-electron chi connectivity index (χ4n) is 3.56. The highest BCUT2D eigenvalue weighted by Gasteiger charge is 2.25. The van der Waals surface area contributed by atoms with Gasteiger partial charge in [-0.15, -0.1) is 0 Å². The number of nitrogens with zero attached hydrogens (tertiary/aromatic N) is 2. The van der Waals surface area contributed by atoms with Crippen LogP contribution in [0.5, 0.6) is 0 Å². The maximum atomic E-state index is 12.7. The molecule has 1 amide bonds. The standard InChI is InChI=1S/C21H23N3O2S/c25-14-19(16-8-10-27-11-9-16)23-21(26)17-6-7-20-22-18(13-24(20)12-17)15-4-2-1-3-5-15/h1-7,12-13,16,19,25H,8-11,14H2,(H,23,26)/t19-/m1/s1. The number of fused-ring (bicyclic) bond motifs is 1. The molecule has 0 radical (unpaired) electrons. The summed E-state index contributed by atoms with van der Waals surface area (Å²) in [5, 5.41) is 12.8. The number of hydrogen-bond donors (Lipinski definition) is 2. The Labute approximate surface area is 162 Å². The van der Waals surface area contributed by atoms with Crippen LogP contribution in [0.15, 0.2) is 54.9 Å². The van der Waals surface area contributed by atoms with E-state index in [-0.39, 0.29) is 18.6 Å². The average molecular weight is 382 g/mol. The van der Waals surface area contributed by atoms with Crippen molar-refractivity contribution in [1.82, 2.24) is 14.7 Å². The van der Waals surface area contributed by atoms with Crippen LogP contribution in [0.4, 0.5) is 0 Å². The Morgan fingerprint density at radius 3 is 2.70 bits per heavy atom. The smallest absolute Gasteiger partial charge is 0.253 e. The van der Waals surface area contributed by atoms with Gasteiger partial charge < -0.3 is 14.8 Å². The van der Waals surface area contributed by atoms with Crippen LogP contribution in [0, 0.1) is 5.92 Å². The first-order valence-corrected chi connectivity index (χ1v) is 10.4. The molecule has 6 heteroatoms. The van der Waals surface area contributed by atoms with Crippen LogP contribution in [0.3, 0.4) is 0 Å². The van der Waals surface area contributed by atoms with Gasteiger partial charge in [-0.05, 0) is 42.4 Å². The van der Waals surface area contributed by atoms with E-state index in [4.69, 9.17) is 0 Å². The van der Waals surface area contributed by atoms with Crippen molar-refractivity contribution >= 4 is 23.3 Å². The molecule has 27 heavy (non-hydrogen) atoms. The van der Waals surface area contributed by atoms with Gasteiger partial charge in [0.1, 0.15) is 5.65 Å². The van der Waals surface area contributed by atoms with E-state index in [9.17, 15) is 9.90 Å². The third-order valence-corrected chi connectivity index (χ3v) is 6.18. The lowest BCUT2D eigenvalue weighted by molar-refractivity contribution is 0.0884. The van der Waals surface area contributed by atoms with Gasteiger partial charge in [0.2, 0.25) is 0 Å². The number of thioether (sulfide) groups is 1. The normalized spacial score (nSPS) is 16.3. The molecule has 0 spiro atoms. The summed E-state index contributed by atoms with van der Waals surface area (Å²) < 4.78 is 1.88. The summed E-state index contributed by atoms with van der Waals surface area (Å²) in [6, 6.07) is 13.4. The first kappa shape index (κ1) is 18.1. The van der Waals surface area contributed by atoms with Crippen LogP contribution in [0.25, 0.3) is 16.9 Å². The largest absolute Gasteiger partial charge is 0.394 e. The molecular formula is C21H23N3O2S. The highest BCUT2D eigenvalue weighted by molar-refractivity contribution is 7.99. The maximum Gasteiger partial charge on any atom is 0.253 e. The number of aromatic nitrogens is 2. The van der Waals surface area contributed by atoms with Gasteiger partial charge in [0, 0.05) is 18.0 Å². The van der Waals surface area contributed by atoms with Gasteiger partial charge in [0.15, 0.2) is 0 Å². The first-order valence-electron chi connectivity index (χ1n) is 9.28. The number of aliphatic hydroxyl groups is 1. The van der Waals surface area contributed by atoms with Gasteiger partial charge in [-0.25, -0.2) is 4.98 Å². The van der Waals surface area contributed by atoms with Crippen molar-refractivity contribution in [3.63, 3.8) is 0 Å². The number of hydrogen-bond acceptors (Lipinski definition) is 4. The summed E-state index contributed by atoms with van der Waals surface area (Å²) in [6.45, 7) is -0.0213. The molecule has 0 unspecified atom stereocenters. The van der Waals surface area contributed by atoms with Crippen molar-refractivity contribution in [2.45, 2.75) is 18.9 Å². The van der Waals surface area contributed by atoms with E-state index in [1.165, 1.54) is 0 Å². The van der Waals surface area contributed by atoms with Crippen LogP contribution in [-0.4, -0.2) is 44.6 Å². The van der Waals surface area contributed by atoms with Crippen molar-refractivity contribution in [1.29, 1.82) is 0 Å². The van der Waals surface area contributed by atoms with E-state index < -0.39 is 0 Å². The van der Waals surface area contributed by atoms with E-state index in [0.29, 0.717) is 11.5 Å². The lowest BCUT2D eigenvalue weighted by Gasteiger charge is -2.29. The molecule has 1 aliphatic heterocycles. The van der Waals surface area contributed by atoms with Crippen LogP contribution in [0.1, 0.15) is 23.2 Å². The zero-order chi connectivity index (χ0) is 18.6. The van der Waals surface area contributed by atoms with Gasteiger partial charge in [0.25, 0.3) is 5.91 Å². The lowest BCUT2D eigenvalue weighted by atomic mass is 9.94. The molecule has 2 aromatic heterocycles. The number of imidazole rings is 1. The van der Waals surface area contributed by atoms with Crippen molar-refractivity contribution in [3.05, 3.63) is 60.4 Å². The highest BCUT2D eigenvalue weighted by Crippen LogP contribution is 2.25. The number of rotatable bonds is 5. The van der Waals surface area contributed by atoms with E-state index in [1.807, 2.05) is 58.8 Å². The third-order valence-electron chi connectivity index (χ3n) is 5.13. The molecule has 5 nitrogen and oxygen atoms in total. The summed E-state index contributed by atoms with van der Waals surface area (Å²) in [5.41, 5.74) is 3.29. The summed E-state index contributed by atoms with van der Waals surface area (Å²) in [5.74, 6) is 2.40. The molecule has 1 aromatic carbocycles. The van der Waals surface area contributed by atoms with Gasteiger partial charge in [0.05, 0.1) is 23.9 Å². The van der Waals surface area contributed by atoms with E-state index >= 15 is 0 Å². The predicted molar refractivity (Wildman–Crippen MR) is 109 cm³/mol. The number of pyridine rings is 1. The maximum absolute atomic E-state index is 12.7. The Morgan fingerprint density at radius 1 is 1.19 bits per heavy atom. The second kappa shape index (κ2) is 8.15. The van der Waals surface area contributed by atoms with Gasteiger partial charge in [-0.1, -0.05) is 30.3 Å². The monoisotopic (exact) mass is 381 g/mol. The third kappa shape index (κ3) is 4.01. The number of aliphatic hydroxyl groups excluding tert-OH is 1. The SMILES string of the molecule is O=C(N[C@H](CO)C1CCSCC1)c1ccc2nc(-c3ccccc3)cn2c1. The lowest BCUT2D eigenvalue weighted by Crippen LogP contribution is -2.44. The number of carbonyl (C=O) groups is 1. The summed E-state index contributed by atoms with van der Waals surface area (Å²) in [7, 11) is 0. The van der Waals surface area contributed by atoms with E-state index in [2.05, 4.69) is 10.3 Å². The molecular weight excluding hydrogens is 358 g/mol. The molecule has 0 saturated carbocycles. The molecule has 0 bridgehead atoms. The Hall–Kier alpha value is -2.31. The van der Waals surface area contributed by atoms with Gasteiger partial charge in [-0.2, -0.15) is 11.8 Å². The minimum absolute atomic E-state index is 0.0213. The number of carbonyl (C=O) groups excluding carboxylic acids is 1. The Bertz CT molecular complexity index is 920. The molecule has 0 aliphatic carbocycles. The molecule has 1 atom stereocenters. The van der Waals surface area contributed by atoms with Crippen LogP contribution in [-0.2, 0) is 0 Å². The highest BCUT2D eigenvalue weighted by atomic mass is 32.2. The van der Waals surface area contributed by atoms with E-state index in [1.54, 1.807) is 12.3 Å². The van der Waals surface area contributed by atoms with Crippen molar-refractivity contribution in [2.24, 2.45) is 5.92 Å². The van der Waals surface area contributed by atoms with Gasteiger partial charge >= 0.3 is 0 Å². The Kier molecular flexibility index (Phi) is 5.45. The average Bonchev–Trinajstić information content (AvgIpc) is 3.16. The molecule has 140 valence electrons. The van der Waals surface area contributed by atoms with E-state index in [0.717, 1.165) is 41.3 Å². The number of benzene rings is 1. The fourth-order valence-corrected chi connectivity index (χ4v) is 4.70. The molecule has 3 aromatic rings. The first-order chi connectivity index (χ1) is 13.2. The minimum atomic E-state index is -0.184. The quantitative estimate of drug-likeness (QED) is 0.712. The van der Waals surface area contributed by atoms with Crippen LogP contribution in [0.2, 0.25) is 0 Å². The number of amides is 1. The predicted octanol–water partition coefficient (Wildman–Crippen LogP) is 3.24. The second-order valence-corrected chi connectivity index (χ2v) is 8.11. The molecule has 3 heterocycles. The molecule has 1 saturated heterocycles. The van der Waals surface area contributed by atoms with Crippen molar-refractivity contribution in [2.75, 3.05) is 18.1 Å². The molecule has 1 aliphatic rings. The summed E-state index contributed by atoms with van der Waals surface area (Å²) >= 11 is 1.94. The molecule has 4 rings (SSSR count). The Balaban J connectivity index is 1.53. The zero-order valence-corrected chi connectivity index (χ0v) is 15.9. The minimum Gasteiger partial charge on any atom is -0.394 e. The summed E-state index contributed by atoms with van der Waals surface area (Å²) in [4.78, 5) is 17.3. The second-order valence-electron chi connectivity index (χ2n) is 6.89. The van der Waals surface area contributed by atoms with Gasteiger partial charge in [-0.3, -0.25) is 4.79 Å². The van der Waals surface area contributed by atoms with Crippen molar-refractivity contribution in [3.8, 4) is 11.3 Å². The summed E-state index contributed by atoms with van der Waals surface area (Å²) in [6.07, 6.45) is 5.81. The zero-order valence-electron chi connectivity index (χ0n) is 15.0. The topological polar surface area (TPSA) is 66.6 Å². The fraction of sp³-hybridized carbons (Fsp3) is 0.333. The molecule has 1 fully saturated rings. The Morgan fingerprint density at radius 2 is 1.96 bits per heavy atom. The van der Waals surface area contributed by atoms with Crippen molar-refractivity contribution < 1.29 is 9.90 Å².